The van der Waals surface area contributed by atoms with Crippen molar-refractivity contribution in [2.45, 2.75) is 32.7 Å². The highest BCUT2D eigenvalue weighted by molar-refractivity contribution is 6.16. The summed E-state index contributed by atoms with van der Waals surface area (Å²) in [5, 5.41) is 0. The van der Waals surface area contributed by atoms with Crippen molar-refractivity contribution in [3.63, 3.8) is 0 Å². The minimum atomic E-state index is -0.221. The van der Waals surface area contributed by atoms with Crippen molar-refractivity contribution in [3.05, 3.63) is 24.0 Å². The number of hydrogen-bond donors (Lipinski definition) is 0. The van der Waals surface area contributed by atoms with Gasteiger partial charge in [0.1, 0.15) is 17.1 Å². The highest BCUT2D eigenvalue weighted by Gasteiger charge is 2.14. The van der Waals surface area contributed by atoms with Crippen LogP contribution < -0.4 is 4.74 Å². The second-order valence-corrected chi connectivity index (χ2v) is 4.69. The number of para-hydroxylation sites is 1. The zero-order chi connectivity index (χ0) is 15.2. The number of benzene rings is 1. The summed E-state index contributed by atoms with van der Waals surface area (Å²) in [5.74, 6) is 1.52. The van der Waals surface area contributed by atoms with Crippen molar-refractivity contribution in [2.75, 3.05) is 13.2 Å². The third kappa shape index (κ3) is 3.47. The van der Waals surface area contributed by atoms with Gasteiger partial charge in [0.05, 0.1) is 31.0 Å². The lowest BCUT2D eigenvalue weighted by molar-refractivity contribution is -0.143. The summed E-state index contributed by atoms with van der Waals surface area (Å²) < 4.78 is 12.5. The lowest BCUT2D eigenvalue weighted by atomic mass is 10.3. The molecule has 1 aromatic carbocycles. The molecule has 5 nitrogen and oxygen atoms in total. The quantitative estimate of drug-likeness (QED) is 0.582. The number of alkyl halides is 1. The number of aryl methyl sites for hydroxylation is 1. The van der Waals surface area contributed by atoms with E-state index in [-0.39, 0.29) is 11.8 Å². The molecule has 0 aliphatic heterocycles. The molecule has 0 saturated carbocycles. The number of ether oxygens (including phenoxy) is 2. The lowest BCUT2D eigenvalue weighted by Crippen LogP contribution is -2.10. The first-order valence-corrected chi connectivity index (χ1v) is 7.57. The fourth-order valence-electron chi connectivity index (χ4n) is 2.23. The molecule has 0 aliphatic rings. The number of nitrogens with zero attached hydrogens (tertiary/aromatic N) is 2. The topological polar surface area (TPSA) is 53.4 Å². The van der Waals surface area contributed by atoms with Crippen molar-refractivity contribution in [1.29, 1.82) is 0 Å². The van der Waals surface area contributed by atoms with Crippen LogP contribution in [-0.2, 0) is 22.0 Å². The molecule has 21 heavy (non-hydrogen) atoms. The Morgan fingerprint density at radius 2 is 2.14 bits per heavy atom. The summed E-state index contributed by atoms with van der Waals surface area (Å²) in [6.45, 7) is 5.18. The molecule has 2 rings (SSSR count). The van der Waals surface area contributed by atoms with Crippen LogP contribution in [0.5, 0.6) is 5.75 Å². The van der Waals surface area contributed by atoms with Gasteiger partial charge in [0, 0.05) is 6.54 Å². The smallest absolute Gasteiger partial charge is 0.307 e. The van der Waals surface area contributed by atoms with Crippen LogP contribution in [0.25, 0.3) is 11.0 Å². The molecule has 0 unspecified atom stereocenters. The molecule has 0 atom stereocenters. The third-order valence-corrected chi connectivity index (χ3v) is 3.32. The Bertz CT molecular complexity index is 625. The summed E-state index contributed by atoms with van der Waals surface area (Å²) in [6, 6.07) is 5.74. The van der Waals surface area contributed by atoms with Gasteiger partial charge in [0.2, 0.25) is 0 Å². The molecule has 0 spiro atoms. The van der Waals surface area contributed by atoms with Gasteiger partial charge in [-0.15, -0.1) is 11.6 Å². The summed E-state index contributed by atoms with van der Waals surface area (Å²) in [5.41, 5.74) is 1.69. The van der Waals surface area contributed by atoms with E-state index < -0.39 is 0 Å². The van der Waals surface area contributed by atoms with E-state index in [1.54, 1.807) is 6.92 Å². The Balaban J connectivity index is 2.33. The molecular weight excluding hydrogens is 292 g/mol. The minimum Gasteiger partial charge on any atom is -0.492 e. The van der Waals surface area contributed by atoms with Gasteiger partial charge >= 0.3 is 5.97 Å². The van der Waals surface area contributed by atoms with Crippen LogP contribution in [-0.4, -0.2) is 28.7 Å². The minimum absolute atomic E-state index is 0.221. The second kappa shape index (κ2) is 7.31. The summed E-state index contributed by atoms with van der Waals surface area (Å²) in [4.78, 5) is 16.1. The summed E-state index contributed by atoms with van der Waals surface area (Å²) in [6.07, 6.45) is 0.294. The normalized spacial score (nSPS) is 10.8. The van der Waals surface area contributed by atoms with Gasteiger partial charge < -0.3 is 14.0 Å². The van der Waals surface area contributed by atoms with Crippen molar-refractivity contribution in [2.24, 2.45) is 0 Å². The Morgan fingerprint density at radius 1 is 1.33 bits per heavy atom. The monoisotopic (exact) mass is 310 g/mol. The molecular formula is C15H19ClN2O3. The predicted molar refractivity (Wildman–Crippen MR) is 81.7 cm³/mol. The van der Waals surface area contributed by atoms with Gasteiger partial charge in [-0.05, 0) is 26.0 Å². The van der Waals surface area contributed by atoms with E-state index in [2.05, 4.69) is 4.98 Å². The van der Waals surface area contributed by atoms with E-state index in [1.807, 2.05) is 29.7 Å². The average molecular weight is 311 g/mol. The fourth-order valence-corrected chi connectivity index (χ4v) is 2.43. The fraction of sp³-hybridized carbons (Fsp3) is 0.467. The molecule has 0 radical (unpaired) electrons. The molecule has 2 aromatic rings. The van der Waals surface area contributed by atoms with E-state index in [0.717, 1.165) is 22.6 Å². The van der Waals surface area contributed by atoms with Gasteiger partial charge in [0.25, 0.3) is 0 Å². The van der Waals surface area contributed by atoms with Gasteiger partial charge in [-0.1, -0.05) is 6.07 Å². The van der Waals surface area contributed by atoms with Crippen molar-refractivity contribution >= 4 is 28.6 Å². The maximum atomic E-state index is 11.5. The van der Waals surface area contributed by atoms with E-state index in [1.165, 1.54) is 0 Å². The highest BCUT2D eigenvalue weighted by Crippen LogP contribution is 2.27. The molecule has 0 amide bonds. The Kier molecular flexibility index (Phi) is 5.44. The lowest BCUT2D eigenvalue weighted by Gasteiger charge is -2.08. The van der Waals surface area contributed by atoms with Crippen molar-refractivity contribution in [1.82, 2.24) is 9.55 Å². The van der Waals surface area contributed by atoms with E-state index >= 15 is 0 Å². The Morgan fingerprint density at radius 3 is 2.81 bits per heavy atom. The van der Waals surface area contributed by atoms with Crippen LogP contribution >= 0.6 is 11.6 Å². The maximum Gasteiger partial charge on any atom is 0.307 e. The molecule has 0 saturated heterocycles. The van der Waals surface area contributed by atoms with Crippen LogP contribution in [0.2, 0.25) is 0 Å². The van der Waals surface area contributed by atoms with Crippen LogP contribution in [0.3, 0.4) is 0 Å². The molecule has 0 bridgehead atoms. The van der Waals surface area contributed by atoms with Crippen LogP contribution in [0.4, 0.5) is 0 Å². The number of rotatable bonds is 7. The first-order chi connectivity index (χ1) is 10.2. The Hall–Kier alpha value is -1.75. The summed E-state index contributed by atoms with van der Waals surface area (Å²) >= 11 is 5.97. The SMILES string of the molecule is CCOC(=O)CCn1c(CCl)nc2c(OCC)cccc21. The van der Waals surface area contributed by atoms with E-state index in [9.17, 15) is 4.79 Å². The zero-order valence-corrected chi connectivity index (χ0v) is 13.0. The number of hydrogen-bond acceptors (Lipinski definition) is 4. The summed E-state index contributed by atoms with van der Waals surface area (Å²) in [7, 11) is 0. The number of carbonyl (C=O) groups excluding carboxylic acids is 1. The van der Waals surface area contributed by atoms with Gasteiger partial charge in [-0.25, -0.2) is 4.98 Å². The number of imidazole rings is 1. The van der Waals surface area contributed by atoms with E-state index in [4.69, 9.17) is 21.1 Å². The molecule has 0 aliphatic carbocycles. The second-order valence-electron chi connectivity index (χ2n) is 4.43. The number of fused-ring (bicyclic) bond motifs is 1. The van der Waals surface area contributed by atoms with Crippen molar-refractivity contribution in [3.8, 4) is 5.75 Å². The molecule has 1 aromatic heterocycles. The van der Waals surface area contributed by atoms with Crippen LogP contribution in [0.1, 0.15) is 26.1 Å². The number of carbonyl (C=O) groups is 1. The van der Waals surface area contributed by atoms with Gasteiger partial charge in [-0.2, -0.15) is 0 Å². The van der Waals surface area contributed by atoms with Gasteiger partial charge in [0.15, 0.2) is 0 Å². The average Bonchev–Trinajstić information content (AvgIpc) is 2.84. The first kappa shape index (κ1) is 15.6. The third-order valence-electron chi connectivity index (χ3n) is 3.09. The number of halogens is 1. The zero-order valence-electron chi connectivity index (χ0n) is 12.3. The predicted octanol–water partition coefficient (Wildman–Crippen LogP) is 3.13. The van der Waals surface area contributed by atoms with Crippen molar-refractivity contribution < 1.29 is 14.3 Å². The first-order valence-electron chi connectivity index (χ1n) is 7.03. The number of aromatic nitrogens is 2. The molecule has 114 valence electrons. The maximum absolute atomic E-state index is 11.5. The highest BCUT2D eigenvalue weighted by atomic mass is 35.5. The van der Waals surface area contributed by atoms with Gasteiger partial charge in [-0.3, -0.25) is 4.79 Å². The van der Waals surface area contributed by atoms with Crippen LogP contribution in [0.15, 0.2) is 18.2 Å². The molecule has 6 heteroatoms. The molecule has 0 N–H and O–H groups in total. The molecule has 1 heterocycles. The number of esters is 1. The standard InChI is InChI=1S/C15H19ClN2O3/c1-3-20-12-7-5-6-11-15(12)17-13(10-16)18(11)9-8-14(19)21-4-2/h5-7H,3-4,8-10H2,1-2H3. The Labute approximate surface area is 128 Å². The van der Waals surface area contributed by atoms with Crippen LogP contribution in [0, 0.1) is 0 Å². The molecule has 0 fully saturated rings. The van der Waals surface area contributed by atoms with E-state index in [0.29, 0.717) is 26.2 Å². The largest absolute Gasteiger partial charge is 0.492 e.